The van der Waals surface area contributed by atoms with Crippen molar-refractivity contribution >= 4 is 27.3 Å². The predicted molar refractivity (Wildman–Crippen MR) is 107 cm³/mol. The molecule has 2 N–H and O–H groups in total. The van der Waals surface area contributed by atoms with E-state index in [1.54, 1.807) is 18.3 Å². The van der Waals surface area contributed by atoms with E-state index in [2.05, 4.69) is 26.4 Å². The van der Waals surface area contributed by atoms with Gasteiger partial charge in [-0.1, -0.05) is 0 Å². The smallest absolute Gasteiger partial charge is 0.475 e. The van der Waals surface area contributed by atoms with Crippen molar-refractivity contribution < 1.29 is 36.2 Å². The lowest BCUT2D eigenvalue weighted by Crippen LogP contribution is -2.46. The summed E-state index contributed by atoms with van der Waals surface area (Å²) in [5.74, 6) is -2.63. The first-order valence-corrected chi connectivity index (χ1v) is 12.2. The fourth-order valence-electron chi connectivity index (χ4n) is 3.59. The van der Waals surface area contributed by atoms with E-state index >= 15 is 0 Å². The molecule has 0 bridgehead atoms. The molecule has 2 fully saturated rings. The Labute approximate surface area is 178 Å². The molecule has 12 heteroatoms. The van der Waals surface area contributed by atoms with E-state index in [4.69, 9.17) is 14.6 Å². The third-order valence-corrected chi connectivity index (χ3v) is 7.21. The van der Waals surface area contributed by atoms with Crippen LogP contribution in [-0.4, -0.2) is 67.7 Å². The molecule has 3 rings (SSSR count). The van der Waals surface area contributed by atoms with Crippen molar-refractivity contribution in [2.75, 3.05) is 25.4 Å². The van der Waals surface area contributed by atoms with Gasteiger partial charge < -0.3 is 9.84 Å². The van der Waals surface area contributed by atoms with E-state index < -0.39 is 22.2 Å². The number of thiophene rings is 1. The van der Waals surface area contributed by atoms with Crippen molar-refractivity contribution in [3.8, 4) is 0 Å². The molecule has 0 unspecified atom stereocenters. The van der Waals surface area contributed by atoms with E-state index in [1.807, 2.05) is 0 Å². The number of carboxylic acid groups (broad SMARTS) is 1. The number of ether oxygens (including phenoxy) is 1. The molecule has 2 aliphatic heterocycles. The molecule has 1 aromatic heterocycles. The number of sulfonamides is 1. The van der Waals surface area contributed by atoms with Gasteiger partial charge >= 0.3 is 12.1 Å². The quantitative estimate of drug-likeness (QED) is 0.661. The second kappa shape index (κ2) is 10.4. The molecule has 2 saturated heterocycles. The maximum Gasteiger partial charge on any atom is 0.490 e. The molecule has 0 amide bonds. The lowest BCUT2D eigenvalue weighted by atomic mass is 9.90. The summed E-state index contributed by atoms with van der Waals surface area (Å²) in [7, 11) is -3.14. The first kappa shape index (κ1) is 25.1. The zero-order valence-electron chi connectivity index (χ0n) is 16.7. The van der Waals surface area contributed by atoms with Crippen molar-refractivity contribution in [3.05, 3.63) is 22.4 Å². The Hall–Kier alpha value is -1.21. The number of likely N-dealkylation sites (tertiary alicyclic amines) is 1. The van der Waals surface area contributed by atoms with Crippen LogP contribution >= 0.6 is 11.3 Å². The summed E-state index contributed by atoms with van der Waals surface area (Å²) >= 11 is 1.74. The molecule has 30 heavy (non-hydrogen) atoms. The van der Waals surface area contributed by atoms with Gasteiger partial charge in [-0.2, -0.15) is 24.5 Å². The maximum atomic E-state index is 11.6. The van der Waals surface area contributed by atoms with Gasteiger partial charge in [-0.25, -0.2) is 17.9 Å². The highest BCUT2D eigenvalue weighted by Gasteiger charge is 2.43. The highest BCUT2D eigenvalue weighted by Crippen LogP contribution is 2.37. The van der Waals surface area contributed by atoms with Crippen LogP contribution in [0.4, 0.5) is 13.2 Å². The standard InChI is InChI=1S/C16H26N2O3S2.C2HF3O2/c1-2-23(19,20)17-10-15-4-3-6-16(21-15)7-8-18(13-16)11-14-5-9-22-12-14;3-2(4,5)1(6)7/h5,9,12,15,17H,2-4,6-8,10-11,13H2,1H3;(H,6,7)/t15-,16-;/m1./s1. The van der Waals surface area contributed by atoms with Crippen LogP contribution in [0.2, 0.25) is 0 Å². The Balaban J connectivity index is 0.000000396. The first-order chi connectivity index (χ1) is 13.9. The SMILES string of the molecule is CCS(=O)(=O)NC[C@H]1CCC[C@]2(CCN(Cc3ccsc3)C2)O1.O=C(O)C(F)(F)F. The lowest BCUT2D eigenvalue weighted by Gasteiger charge is -2.39. The number of hydrogen-bond acceptors (Lipinski definition) is 6. The number of carbonyl (C=O) groups is 1. The molecular weight excluding hydrogens is 445 g/mol. The molecule has 0 aromatic carbocycles. The normalized spacial score (nSPS) is 25.1. The second-order valence-electron chi connectivity index (χ2n) is 7.46. The van der Waals surface area contributed by atoms with E-state index in [-0.39, 0.29) is 17.5 Å². The van der Waals surface area contributed by atoms with Crippen LogP contribution in [0.5, 0.6) is 0 Å². The van der Waals surface area contributed by atoms with Gasteiger partial charge in [-0.3, -0.25) is 4.90 Å². The molecule has 3 heterocycles. The van der Waals surface area contributed by atoms with Crippen molar-refractivity contribution in [1.82, 2.24) is 9.62 Å². The monoisotopic (exact) mass is 472 g/mol. The van der Waals surface area contributed by atoms with Crippen LogP contribution in [0, 0.1) is 0 Å². The third kappa shape index (κ3) is 7.80. The number of carboxylic acids is 1. The van der Waals surface area contributed by atoms with Crippen LogP contribution < -0.4 is 4.72 Å². The minimum absolute atomic E-state index is 0.00572. The Kier molecular flexibility index (Phi) is 8.69. The minimum atomic E-state index is -5.08. The van der Waals surface area contributed by atoms with Crippen molar-refractivity contribution in [1.29, 1.82) is 0 Å². The molecule has 2 aliphatic rings. The van der Waals surface area contributed by atoms with Crippen molar-refractivity contribution in [2.24, 2.45) is 0 Å². The maximum absolute atomic E-state index is 11.6. The second-order valence-corrected chi connectivity index (χ2v) is 10.3. The van der Waals surface area contributed by atoms with Gasteiger partial charge in [-0.15, -0.1) is 0 Å². The van der Waals surface area contributed by atoms with Gasteiger partial charge in [0.25, 0.3) is 0 Å². The number of hydrogen-bond donors (Lipinski definition) is 2. The Morgan fingerprint density at radius 3 is 2.70 bits per heavy atom. The fourth-order valence-corrected chi connectivity index (χ4v) is 4.90. The average molecular weight is 473 g/mol. The average Bonchev–Trinajstić information content (AvgIpc) is 3.31. The van der Waals surface area contributed by atoms with E-state index in [0.29, 0.717) is 6.54 Å². The van der Waals surface area contributed by atoms with Gasteiger partial charge in [0.2, 0.25) is 10.0 Å². The summed E-state index contributed by atoms with van der Waals surface area (Å²) in [6, 6.07) is 2.18. The van der Waals surface area contributed by atoms with Crippen LogP contribution in [0.3, 0.4) is 0 Å². The van der Waals surface area contributed by atoms with Crippen molar-refractivity contribution in [2.45, 2.75) is 57.0 Å². The van der Waals surface area contributed by atoms with Gasteiger partial charge in [0.15, 0.2) is 0 Å². The number of alkyl halides is 3. The Morgan fingerprint density at radius 2 is 2.13 bits per heavy atom. The molecule has 2 atom stereocenters. The molecule has 7 nitrogen and oxygen atoms in total. The Morgan fingerprint density at radius 1 is 1.43 bits per heavy atom. The van der Waals surface area contributed by atoms with Crippen molar-refractivity contribution in [3.63, 3.8) is 0 Å². The third-order valence-electron chi connectivity index (χ3n) is 5.11. The fraction of sp³-hybridized carbons (Fsp3) is 0.722. The summed E-state index contributed by atoms with van der Waals surface area (Å²) in [5.41, 5.74) is 1.30. The lowest BCUT2D eigenvalue weighted by molar-refractivity contribution is -0.192. The summed E-state index contributed by atoms with van der Waals surface area (Å²) in [6.07, 6.45) is -0.882. The first-order valence-electron chi connectivity index (χ1n) is 9.63. The van der Waals surface area contributed by atoms with Gasteiger partial charge in [0, 0.05) is 26.2 Å². The van der Waals surface area contributed by atoms with Crippen LogP contribution in [0.15, 0.2) is 16.8 Å². The molecule has 0 saturated carbocycles. The Bertz CT molecular complexity index is 786. The van der Waals surface area contributed by atoms with E-state index in [0.717, 1.165) is 45.3 Å². The molecule has 1 spiro atoms. The molecule has 172 valence electrons. The summed E-state index contributed by atoms with van der Waals surface area (Å²) < 4.78 is 64.0. The van der Waals surface area contributed by atoms with Crippen LogP contribution in [0.1, 0.15) is 38.2 Å². The minimum Gasteiger partial charge on any atom is -0.475 e. The highest BCUT2D eigenvalue weighted by molar-refractivity contribution is 7.89. The number of halogens is 3. The van der Waals surface area contributed by atoms with Gasteiger partial charge in [-0.05, 0) is 55.0 Å². The van der Waals surface area contributed by atoms with E-state index in [1.165, 1.54) is 5.56 Å². The molecule has 1 aromatic rings. The molecule has 0 radical (unpaired) electrons. The van der Waals surface area contributed by atoms with E-state index in [9.17, 15) is 21.6 Å². The summed E-state index contributed by atoms with van der Waals surface area (Å²) in [5, 5.41) is 11.4. The summed E-state index contributed by atoms with van der Waals surface area (Å²) in [4.78, 5) is 11.4. The molecule has 0 aliphatic carbocycles. The van der Waals surface area contributed by atoms with Crippen LogP contribution in [0.25, 0.3) is 0 Å². The van der Waals surface area contributed by atoms with Gasteiger partial charge in [0.05, 0.1) is 17.5 Å². The predicted octanol–water partition coefficient (Wildman–Crippen LogP) is 2.83. The van der Waals surface area contributed by atoms with Crippen LogP contribution in [-0.2, 0) is 26.1 Å². The zero-order valence-corrected chi connectivity index (χ0v) is 18.3. The highest BCUT2D eigenvalue weighted by atomic mass is 32.2. The topological polar surface area (TPSA) is 95.9 Å². The number of aliphatic carboxylic acids is 1. The number of nitrogens with zero attached hydrogens (tertiary/aromatic N) is 1. The number of rotatable bonds is 6. The summed E-state index contributed by atoms with van der Waals surface area (Å²) in [6.45, 7) is 5.07. The number of nitrogens with one attached hydrogen (secondary N) is 1. The van der Waals surface area contributed by atoms with Gasteiger partial charge in [0.1, 0.15) is 0 Å². The molecular formula is C18H27F3N2O5S2. The largest absolute Gasteiger partial charge is 0.490 e. The zero-order chi connectivity index (χ0) is 22.4.